The summed E-state index contributed by atoms with van der Waals surface area (Å²) in [5, 5.41) is 3.00. The number of fused-ring (bicyclic) bond motifs is 1. The predicted molar refractivity (Wildman–Crippen MR) is 103 cm³/mol. The highest BCUT2D eigenvalue weighted by Gasteiger charge is 2.36. The summed E-state index contributed by atoms with van der Waals surface area (Å²) < 4.78 is 0. The molecular weight excluding hydrogens is 340 g/mol. The molecule has 1 N–H and O–H groups in total. The van der Waals surface area contributed by atoms with Gasteiger partial charge in [0.25, 0.3) is 11.8 Å². The topological polar surface area (TPSA) is 66.5 Å². The summed E-state index contributed by atoms with van der Waals surface area (Å²) in [5.74, 6) is -1.18. The van der Waals surface area contributed by atoms with Crippen LogP contribution in [0.1, 0.15) is 59.5 Å². The zero-order valence-corrected chi connectivity index (χ0v) is 15.9. The molecule has 5 heteroatoms. The zero-order chi connectivity index (χ0) is 19.6. The van der Waals surface area contributed by atoms with Crippen molar-refractivity contribution in [1.82, 2.24) is 10.2 Å². The fraction of sp³-hybridized carbons (Fsp3) is 0.318. The van der Waals surface area contributed by atoms with E-state index < -0.39 is 11.8 Å². The van der Waals surface area contributed by atoms with Gasteiger partial charge in [0, 0.05) is 0 Å². The normalized spacial score (nSPS) is 14.9. The molecule has 1 atom stereocenters. The fourth-order valence-electron chi connectivity index (χ4n) is 3.32. The first kappa shape index (κ1) is 18.8. The van der Waals surface area contributed by atoms with Crippen LogP contribution in [-0.2, 0) is 4.79 Å². The Balaban J connectivity index is 1.74. The Morgan fingerprint density at radius 2 is 1.44 bits per heavy atom. The maximum absolute atomic E-state index is 12.7. The lowest BCUT2D eigenvalue weighted by atomic mass is 9.85. The van der Waals surface area contributed by atoms with E-state index in [0.29, 0.717) is 11.1 Å². The quantitative estimate of drug-likeness (QED) is 0.825. The number of benzene rings is 2. The van der Waals surface area contributed by atoms with E-state index in [1.807, 2.05) is 30.3 Å². The number of hydrogen-bond acceptors (Lipinski definition) is 3. The molecule has 0 aromatic heterocycles. The average Bonchev–Trinajstić information content (AvgIpc) is 2.86. The van der Waals surface area contributed by atoms with Gasteiger partial charge in [-0.05, 0) is 29.5 Å². The van der Waals surface area contributed by atoms with Gasteiger partial charge in [-0.3, -0.25) is 19.3 Å². The molecule has 0 spiro atoms. The molecule has 1 aliphatic rings. The summed E-state index contributed by atoms with van der Waals surface area (Å²) in [4.78, 5) is 38.6. The standard InChI is InChI=1S/C22H24N2O3/c1-22(2,3)13-18(15-9-5-4-6-10-15)23-19(25)14-24-20(26)16-11-7-8-12-17(16)21(24)27/h4-12,18H,13-14H2,1-3H3,(H,23,25). The Morgan fingerprint density at radius 1 is 0.926 bits per heavy atom. The molecule has 0 radical (unpaired) electrons. The molecule has 0 saturated heterocycles. The van der Waals surface area contributed by atoms with Gasteiger partial charge in [0.15, 0.2) is 0 Å². The molecule has 2 aromatic rings. The summed E-state index contributed by atoms with van der Waals surface area (Å²) >= 11 is 0. The van der Waals surface area contributed by atoms with Crippen LogP contribution in [0.3, 0.4) is 0 Å². The molecule has 2 aromatic carbocycles. The van der Waals surface area contributed by atoms with Crippen molar-refractivity contribution in [3.05, 3.63) is 71.3 Å². The van der Waals surface area contributed by atoms with Gasteiger partial charge in [0.2, 0.25) is 5.91 Å². The third-order valence-electron chi connectivity index (χ3n) is 4.53. The Hall–Kier alpha value is -2.95. The summed E-state index contributed by atoms with van der Waals surface area (Å²) in [6.45, 7) is 6.05. The van der Waals surface area contributed by atoms with Gasteiger partial charge in [-0.1, -0.05) is 63.2 Å². The van der Waals surface area contributed by atoms with Crippen LogP contribution >= 0.6 is 0 Å². The van der Waals surface area contributed by atoms with Crippen molar-refractivity contribution in [3.8, 4) is 0 Å². The molecule has 1 heterocycles. The van der Waals surface area contributed by atoms with Crippen LogP contribution in [0.5, 0.6) is 0 Å². The van der Waals surface area contributed by atoms with Gasteiger partial charge in [-0.15, -0.1) is 0 Å². The van der Waals surface area contributed by atoms with E-state index in [-0.39, 0.29) is 23.9 Å². The van der Waals surface area contributed by atoms with Crippen LogP contribution in [-0.4, -0.2) is 29.2 Å². The van der Waals surface area contributed by atoms with Crippen LogP contribution in [0.25, 0.3) is 0 Å². The summed E-state index contributed by atoms with van der Waals surface area (Å²) in [5.41, 5.74) is 1.71. The van der Waals surface area contributed by atoms with Crippen molar-refractivity contribution < 1.29 is 14.4 Å². The summed E-state index contributed by atoms with van der Waals surface area (Å²) in [6.07, 6.45) is 0.741. The molecular formula is C22H24N2O3. The Kier molecular flexibility index (Phi) is 5.13. The lowest BCUT2D eigenvalue weighted by Gasteiger charge is -2.28. The molecule has 0 saturated carbocycles. The number of rotatable bonds is 5. The van der Waals surface area contributed by atoms with E-state index in [2.05, 4.69) is 26.1 Å². The molecule has 27 heavy (non-hydrogen) atoms. The van der Waals surface area contributed by atoms with Crippen LogP contribution in [0.2, 0.25) is 0 Å². The second-order valence-corrected chi connectivity index (χ2v) is 8.04. The van der Waals surface area contributed by atoms with Gasteiger partial charge < -0.3 is 5.32 Å². The monoisotopic (exact) mass is 364 g/mol. The number of carbonyl (C=O) groups is 3. The van der Waals surface area contributed by atoms with Gasteiger partial charge in [-0.25, -0.2) is 0 Å². The van der Waals surface area contributed by atoms with Gasteiger partial charge >= 0.3 is 0 Å². The molecule has 0 bridgehead atoms. The average molecular weight is 364 g/mol. The number of nitrogens with zero attached hydrogens (tertiary/aromatic N) is 1. The molecule has 3 amide bonds. The maximum Gasteiger partial charge on any atom is 0.262 e. The second kappa shape index (κ2) is 7.35. The highest BCUT2D eigenvalue weighted by Crippen LogP contribution is 2.29. The minimum atomic E-state index is -0.419. The van der Waals surface area contributed by atoms with E-state index in [1.165, 1.54) is 0 Å². The molecule has 1 aliphatic heterocycles. The number of nitrogens with one attached hydrogen (secondary N) is 1. The Morgan fingerprint density at radius 3 is 1.96 bits per heavy atom. The number of carbonyl (C=O) groups excluding carboxylic acids is 3. The van der Waals surface area contributed by atoms with Gasteiger partial charge in [0.1, 0.15) is 6.54 Å². The number of imide groups is 1. The molecule has 5 nitrogen and oxygen atoms in total. The van der Waals surface area contributed by atoms with Crippen molar-refractivity contribution in [2.75, 3.05) is 6.54 Å². The van der Waals surface area contributed by atoms with Crippen molar-refractivity contribution in [3.63, 3.8) is 0 Å². The van der Waals surface area contributed by atoms with E-state index >= 15 is 0 Å². The predicted octanol–water partition coefficient (Wildman–Crippen LogP) is 3.58. The third kappa shape index (κ3) is 4.25. The van der Waals surface area contributed by atoms with Crippen LogP contribution in [0, 0.1) is 5.41 Å². The fourth-order valence-corrected chi connectivity index (χ4v) is 3.32. The first-order valence-corrected chi connectivity index (χ1v) is 9.06. The lowest BCUT2D eigenvalue weighted by Crippen LogP contribution is -2.42. The highest BCUT2D eigenvalue weighted by molar-refractivity contribution is 6.22. The Bertz CT molecular complexity index is 834. The van der Waals surface area contributed by atoms with Crippen LogP contribution < -0.4 is 5.32 Å². The molecule has 0 aliphatic carbocycles. The highest BCUT2D eigenvalue weighted by atomic mass is 16.2. The molecule has 1 unspecified atom stereocenters. The molecule has 3 rings (SSSR count). The van der Waals surface area contributed by atoms with Gasteiger partial charge in [0.05, 0.1) is 17.2 Å². The van der Waals surface area contributed by atoms with E-state index in [9.17, 15) is 14.4 Å². The van der Waals surface area contributed by atoms with Crippen molar-refractivity contribution in [2.45, 2.75) is 33.2 Å². The molecule has 0 fully saturated rings. The van der Waals surface area contributed by atoms with Crippen molar-refractivity contribution >= 4 is 17.7 Å². The van der Waals surface area contributed by atoms with E-state index in [4.69, 9.17) is 0 Å². The first-order chi connectivity index (χ1) is 12.8. The van der Waals surface area contributed by atoms with Crippen molar-refractivity contribution in [2.24, 2.45) is 5.41 Å². The van der Waals surface area contributed by atoms with E-state index in [1.54, 1.807) is 24.3 Å². The summed E-state index contributed by atoms with van der Waals surface area (Å²) in [7, 11) is 0. The SMILES string of the molecule is CC(C)(C)CC(NC(=O)CN1C(=O)c2ccccc2C1=O)c1ccccc1. The Labute approximate surface area is 159 Å². The van der Waals surface area contributed by atoms with Crippen LogP contribution in [0.15, 0.2) is 54.6 Å². The minimum absolute atomic E-state index is 0.00328. The smallest absolute Gasteiger partial charge is 0.262 e. The minimum Gasteiger partial charge on any atom is -0.348 e. The molecule has 140 valence electrons. The van der Waals surface area contributed by atoms with Crippen molar-refractivity contribution in [1.29, 1.82) is 0 Å². The third-order valence-corrected chi connectivity index (χ3v) is 4.53. The zero-order valence-electron chi connectivity index (χ0n) is 15.9. The number of hydrogen-bond donors (Lipinski definition) is 1. The lowest BCUT2D eigenvalue weighted by molar-refractivity contribution is -0.122. The van der Waals surface area contributed by atoms with Crippen LogP contribution in [0.4, 0.5) is 0 Å². The van der Waals surface area contributed by atoms with E-state index in [0.717, 1.165) is 16.9 Å². The second-order valence-electron chi connectivity index (χ2n) is 8.04. The summed E-state index contributed by atoms with van der Waals surface area (Å²) in [6, 6.07) is 16.2. The maximum atomic E-state index is 12.7. The first-order valence-electron chi connectivity index (χ1n) is 9.06. The van der Waals surface area contributed by atoms with Gasteiger partial charge in [-0.2, -0.15) is 0 Å². The number of amides is 3. The largest absolute Gasteiger partial charge is 0.348 e.